The number of imidazole rings is 1. The van der Waals surface area contributed by atoms with Crippen LogP contribution in [0.1, 0.15) is 24.1 Å². The molecule has 0 spiro atoms. The van der Waals surface area contributed by atoms with E-state index in [1.165, 1.54) is 6.92 Å². The van der Waals surface area contributed by atoms with Crippen molar-refractivity contribution >= 4 is 11.8 Å². The second-order valence-corrected chi connectivity index (χ2v) is 3.70. The maximum atomic E-state index is 9.30. The van der Waals surface area contributed by atoms with Gasteiger partial charge in [0.15, 0.2) is 11.7 Å². The Bertz CT molecular complexity index is 465. The third kappa shape index (κ3) is 1.70. The van der Waals surface area contributed by atoms with Crippen LogP contribution in [-0.4, -0.2) is 31.6 Å². The van der Waals surface area contributed by atoms with Crippen LogP contribution in [0.25, 0.3) is 0 Å². The average Bonchev–Trinajstić information content (AvgIpc) is 2.64. The summed E-state index contributed by atoms with van der Waals surface area (Å²) in [5.41, 5.74) is 1.62. The van der Waals surface area contributed by atoms with Crippen molar-refractivity contribution in [2.75, 3.05) is 0 Å². The first-order chi connectivity index (χ1) is 7.49. The van der Waals surface area contributed by atoms with Gasteiger partial charge in [0.25, 0.3) is 5.90 Å². The van der Waals surface area contributed by atoms with Crippen molar-refractivity contribution < 1.29 is 9.94 Å². The maximum absolute atomic E-state index is 9.30. The molecule has 7 nitrogen and oxygen atoms in total. The highest BCUT2D eigenvalue weighted by atomic mass is 16.5. The molecule has 0 aliphatic carbocycles. The Hall–Kier alpha value is -1.73. The Morgan fingerprint density at radius 2 is 2.12 bits per heavy atom. The first-order valence-electron chi connectivity index (χ1n) is 4.79. The van der Waals surface area contributed by atoms with Gasteiger partial charge < -0.3 is 14.5 Å². The second kappa shape index (κ2) is 3.69. The van der Waals surface area contributed by atoms with E-state index in [9.17, 15) is 5.21 Å². The lowest BCUT2D eigenvalue weighted by molar-refractivity contribution is -0.0985. The van der Waals surface area contributed by atoms with E-state index < -0.39 is 0 Å². The number of ether oxygens (including phenoxy) is 1. The van der Waals surface area contributed by atoms with E-state index in [4.69, 9.17) is 15.6 Å². The van der Waals surface area contributed by atoms with Gasteiger partial charge in [-0.2, -0.15) is 5.06 Å². The van der Waals surface area contributed by atoms with Crippen LogP contribution in [0.4, 0.5) is 0 Å². The quantitative estimate of drug-likeness (QED) is 0.476. The largest absolute Gasteiger partial charge is 0.422 e. The normalized spacial score (nSPS) is 14.9. The van der Waals surface area contributed by atoms with Gasteiger partial charge in [0, 0.05) is 14.0 Å². The topological polar surface area (TPSA) is 98.2 Å². The van der Waals surface area contributed by atoms with Crippen LogP contribution < -0.4 is 0 Å². The van der Waals surface area contributed by atoms with E-state index in [-0.39, 0.29) is 11.8 Å². The molecule has 1 aromatic rings. The number of rotatable bonds is 1. The molecule has 0 atom stereocenters. The zero-order chi connectivity index (χ0) is 11.9. The average molecular weight is 223 g/mol. The van der Waals surface area contributed by atoms with E-state index in [0.29, 0.717) is 18.9 Å². The monoisotopic (exact) mass is 223 g/mol. The molecule has 1 aromatic heterocycles. The molecule has 7 heteroatoms. The highest BCUT2D eigenvalue weighted by Gasteiger charge is 2.26. The van der Waals surface area contributed by atoms with Crippen molar-refractivity contribution in [2.45, 2.75) is 20.0 Å². The van der Waals surface area contributed by atoms with E-state index >= 15 is 0 Å². The molecule has 2 heterocycles. The van der Waals surface area contributed by atoms with E-state index in [0.717, 1.165) is 16.5 Å². The van der Waals surface area contributed by atoms with Crippen molar-refractivity contribution in [3.8, 4) is 0 Å². The van der Waals surface area contributed by atoms with Gasteiger partial charge in [0.1, 0.15) is 0 Å². The van der Waals surface area contributed by atoms with Crippen LogP contribution in [0, 0.1) is 10.8 Å². The lowest BCUT2D eigenvalue weighted by Gasteiger charge is -2.08. The molecular weight excluding hydrogens is 210 g/mol. The highest BCUT2D eigenvalue weighted by molar-refractivity contribution is 5.96. The molecular formula is C9H13N5O2. The van der Waals surface area contributed by atoms with Gasteiger partial charge in [-0.15, -0.1) is 0 Å². The molecule has 1 aliphatic heterocycles. The van der Waals surface area contributed by atoms with Crippen molar-refractivity contribution in [1.29, 1.82) is 10.8 Å². The molecule has 2 rings (SSSR count). The van der Waals surface area contributed by atoms with Crippen LogP contribution >= 0.6 is 0 Å². The minimum atomic E-state index is -0.145. The zero-order valence-electron chi connectivity index (χ0n) is 9.11. The van der Waals surface area contributed by atoms with E-state index in [2.05, 4.69) is 4.98 Å². The molecule has 0 saturated carbocycles. The van der Waals surface area contributed by atoms with Crippen molar-refractivity contribution in [1.82, 2.24) is 14.6 Å². The van der Waals surface area contributed by atoms with Gasteiger partial charge in [0.2, 0.25) is 0 Å². The summed E-state index contributed by atoms with van der Waals surface area (Å²) < 4.78 is 6.59. The molecule has 16 heavy (non-hydrogen) atoms. The first kappa shape index (κ1) is 10.8. The Morgan fingerprint density at radius 3 is 2.69 bits per heavy atom. The number of hydroxylamine groups is 2. The van der Waals surface area contributed by atoms with Crippen molar-refractivity contribution in [2.24, 2.45) is 7.05 Å². The van der Waals surface area contributed by atoms with E-state index in [1.807, 2.05) is 0 Å². The Morgan fingerprint density at radius 1 is 1.44 bits per heavy atom. The number of aromatic nitrogens is 2. The lowest BCUT2D eigenvalue weighted by atomic mass is 10.4. The molecule has 1 aliphatic rings. The van der Waals surface area contributed by atoms with Gasteiger partial charge >= 0.3 is 0 Å². The SMILES string of the molecule is CC(=N)OC(=N)c1nc2c(n1C)CN(O)C2. The number of hydrogen-bond donors (Lipinski definition) is 3. The summed E-state index contributed by atoms with van der Waals surface area (Å²) >= 11 is 0. The van der Waals surface area contributed by atoms with Gasteiger partial charge in [-0.1, -0.05) is 0 Å². The summed E-state index contributed by atoms with van der Waals surface area (Å²) in [6.45, 7) is 2.22. The third-order valence-corrected chi connectivity index (χ3v) is 2.42. The third-order valence-electron chi connectivity index (χ3n) is 2.42. The van der Waals surface area contributed by atoms with Crippen LogP contribution in [-0.2, 0) is 24.9 Å². The predicted molar refractivity (Wildman–Crippen MR) is 55.6 cm³/mol. The number of nitrogens with zero attached hydrogens (tertiary/aromatic N) is 3. The molecule has 0 saturated heterocycles. The molecule has 86 valence electrons. The van der Waals surface area contributed by atoms with Gasteiger partial charge in [0.05, 0.1) is 24.5 Å². The Kier molecular flexibility index (Phi) is 2.49. The number of nitrogens with one attached hydrogen (secondary N) is 2. The summed E-state index contributed by atoms with van der Waals surface area (Å²) in [5, 5.41) is 25.2. The zero-order valence-corrected chi connectivity index (χ0v) is 9.11. The molecule has 0 amide bonds. The number of fused-ring (bicyclic) bond motifs is 1. The van der Waals surface area contributed by atoms with Crippen LogP contribution in [0.15, 0.2) is 0 Å². The summed E-state index contributed by atoms with van der Waals surface area (Å²) in [6, 6.07) is 0. The summed E-state index contributed by atoms with van der Waals surface area (Å²) in [6.07, 6.45) is 0. The van der Waals surface area contributed by atoms with Crippen LogP contribution in [0.5, 0.6) is 0 Å². The van der Waals surface area contributed by atoms with Crippen molar-refractivity contribution in [3.05, 3.63) is 17.2 Å². The molecule has 0 bridgehead atoms. The van der Waals surface area contributed by atoms with E-state index in [1.54, 1.807) is 11.6 Å². The van der Waals surface area contributed by atoms with Crippen LogP contribution in [0.2, 0.25) is 0 Å². The minimum absolute atomic E-state index is 0.0445. The van der Waals surface area contributed by atoms with Crippen LogP contribution in [0.3, 0.4) is 0 Å². The Labute approximate surface area is 92.2 Å². The molecule has 3 N–H and O–H groups in total. The fraction of sp³-hybridized carbons (Fsp3) is 0.444. The van der Waals surface area contributed by atoms with Gasteiger partial charge in [-0.05, 0) is 0 Å². The first-order valence-corrected chi connectivity index (χ1v) is 4.79. The molecule has 0 radical (unpaired) electrons. The minimum Gasteiger partial charge on any atom is -0.422 e. The fourth-order valence-electron chi connectivity index (χ4n) is 1.72. The molecule has 0 unspecified atom stereocenters. The predicted octanol–water partition coefficient (Wildman–Crippen LogP) is 0.464. The standard InChI is InChI=1S/C9H13N5O2/c1-5(10)16-8(11)9-12-6-3-14(15)4-7(6)13(9)2/h10-11,15H,3-4H2,1-2H3. The van der Waals surface area contributed by atoms with Gasteiger partial charge in [-0.3, -0.25) is 10.8 Å². The lowest BCUT2D eigenvalue weighted by Crippen LogP contribution is -2.17. The summed E-state index contributed by atoms with van der Waals surface area (Å²) in [4.78, 5) is 4.21. The number of hydrogen-bond acceptors (Lipinski definition) is 6. The fourth-order valence-corrected chi connectivity index (χ4v) is 1.72. The molecule has 0 fully saturated rings. The molecule has 0 aromatic carbocycles. The highest BCUT2D eigenvalue weighted by Crippen LogP contribution is 2.21. The summed E-state index contributed by atoms with van der Waals surface area (Å²) in [7, 11) is 1.76. The Balaban J connectivity index is 2.28. The summed E-state index contributed by atoms with van der Waals surface area (Å²) in [5.74, 6) is 0.190. The second-order valence-electron chi connectivity index (χ2n) is 3.70. The van der Waals surface area contributed by atoms with Gasteiger partial charge in [-0.25, -0.2) is 4.98 Å². The smallest absolute Gasteiger partial charge is 0.257 e. The maximum Gasteiger partial charge on any atom is 0.257 e. The van der Waals surface area contributed by atoms with Crippen molar-refractivity contribution in [3.63, 3.8) is 0 Å².